The Morgan fingerprint density at radius 3 is 3.22 bits per heavy atom. The van der Waals surface area contributed by atoms with Gasteiger partial charge in [-0.25, -0.2) is 9.78 Å². The molecule has 1 atom stereocenters. The van der Waals surface area contributed by atoms with Gasteiger partial charge in [-0.2, -0.15) is 23.5 Å². The van der Waals surface area contributed by atoms with E-state index in [2.05, 4.69) is 10.3 Å². The lowest BCUT2D eigenvalue weighted by Crippen LogP contribution is -2.23. The third kappa shape index (κ3) is 4.07. The van der Waals surface area contributed by atoms with Gasteiger partial charge in [-0.15, -0.1) is 11.3 Å². The van der Waals surface area contributed by atoms with Gasteiger partial charge in [0.15, 0.2) is 10.8 Å². The molecule has 0 aliphatic carbocycles. The molecule has 1 saturated heterocycles. The van der Waals surface area contributed by atoms with Crippen molar-refractivity contribution >= 4 is 46.0 Å². The summed E-state index contributed by atoms with van der Waals surface area (Å²) in [6.07, 6.45) is 0. The minimum Gasteiger partial charge on any atom is -0.461 e. The fourth-order valence-corrected chi connectivity index (χ4v) is 4.81. The van der Waals surface area contributed by atoms with Crippen LogP contribution in [0.2, 0.25) is 0 Å². The number of nitrogens with zero attached hydrogens (tertiary/aromatic N) is 1. The van der Waals surface area contributed by atoms with Gasteiger partial charge in [0.1, 0.15) is 0 Å². The summed E-state index contributed by atoms with van der Waals surface area (Å²) in [6, 6.07) is 0. The molecular formula is C11H16N2O2S3. The van der Waals surface area contributed by atoms with Gasteiger partial charge in [0, 0.05) is 34.4 Å². The Hall–Kier alpha value is -0.400. The number of anilines is 1. The lowest BCUT2D eigenvalue weighted by molar-refractivity contribution is 0.0520. The standard InChI is InChI=1S/C11H16N2O2S3/c1-2-15-10(14)9-7-18-11(13-9)12-5-8-6-16-3-4-17-8/h7-8H,2-6H2,1H3,(H,12,13). The number of carbonyl (C=O) groups excluding carboxylic acids is 1. The maximum Gasteiger partial charge on any atom is 0.357 e. The van der Waals surface area contributed by atoms with Crippen LogP contribution in [0.4, 0.5) is 5.13 Å². The van der Waals surface area contributed by atoms with Gasteiger partial charge >= 0.3 is 5.97 Å². The number of carbonyl (C=O) groups is 1. The van der Waals surface area contributed by atoms with Crippen LogP contribution >= 0.6 is 34.9 Å². The molecule has 18 heavy (non-hydrogen) atoms. The second kappa shape index (κ2) is 7.25. The largest absolute Gasteiger partial charge is 0.461 e. The molecule has 1 unspecified atom stereocenters. The van der Waals surface area contributed by atoms with Crippen LogP contribution in [0.5, 0.6) is 0 Å². The van der Waals surface area contributed by atoms with Crippen LogP contribution in [-0.4, -0.2) is 46.6 Å². The van der Waals surface area contributed by atoms with E-state index in [-0.39, 0.29) is 5.97 Å². The molecule has 2 rings (SSSR count). The van der Waals surface area contributed by atoms with Crippen LogP contribution in [0.3, 0.4) is 0 Å². The molecule has 0 bridgehead atoms. The summed E-state index contributed by atoms with van der Waals surface area (Å²) >= 11 is 5.46. The number of rotatable bonds is 5. The second-order valence-corrected chi connectivity index (χ2v) is 7.12. The molecule has 7 heteroatoms. The molecule has 1 aliphatic rings. The fraction of sp³-hybridized carbons (Fsp3) is 0.636. The highest BCUT2D eigenvalue weighted by atomic mass is 32.2. The van der Waals surface area contributed by atoms with Crippen LogP contribution in [-0.2, 0) is 4.74 Å². The number of ether oxygens (including phenoxy) is 1. The number of hydrogen-bond acceptors (Lipinski definition) is 7. The van der Waals surface area contributed by atoms with E-state index in [0.717, 1.165) is 11.7 Å². The van der Waals surface area contributed by atoms with Gasteiger partial charge < -0.3 is 10.1 Å². The highest BCUT2D eigenvalue weighted by Crippen LogP contribution is 2.25. The monoisotopic (exact) mass is 304 g/mol. The summed E-state index contributed by atoms with van der Waals surface area (Å²) in [7, 11) is 0. The van der Waals surface area contributed by atoms with Crippen molar-refractivity contribution in [3.8, 4) is 0 Å². The Labute approximate surface area is 119 Å². The molecule has 0 aromatic carbocycles. The van der Waals surface area contributed by atoms with Crippen molar-refractivity contribution in [3.05, 3.63) is 11.1 Å². The zero-order valence-electron chi connectivity index (χ0n) is 10.2. The predicted molar refractivity (Wildman–Crippen MR) is 80.1 cm³/mol. The molecule has 1 aromatic heterocycles. The van der Waals surface area contributed by atoms with Crippen molar-refractivity contribution < 1.29 is 9.53 Å². The Morgan fingerprint density at radius 2 is 2.50 bits per heavy atom. The van der Waals surface area contributed by atoms with Crippen molar-refractivity contribution in [2.45, 2.75) is 12.2 Å². The normalized spacial score (nSPS) is 19.5. The Balaban J connectivity index is 1.80. The predicted octanol–water partition coefficient (Wildman–Crippen LogP) is 2.58. The van der Waals surface area contributed by atoms with E-state index in [9.17, 15) is 4.79 Å². The summed E-state index contributed by atoms with van der Waals surface area (Å²) < 4.78 is 4.91. The van der Waals surface area contributed by atoms with Crippen LogP contribution in [0, 0.1) is 0 Å². The number of esters is 1. The van der Waals surface area contributed by atoms with Gasteiger partial charge in [-0.1, -0.05) is 0 Å². The van der Waals surface area contributed by atoms with Gasteiger partial charge in [-0.3, -0.25) is 0 Å². The molecular weight excluding hydrogens is 288 g/mol. The number of aromatic nitrogens is 1. The Morgan fingerprint density at radius 1 is 1.61 bits per heavy atom. The average molecular weight is 304 g/mol. The van der Waals surface area contributed by atoms with Crippen molar-refractivity contribution in [3.63, 3.8) is 0 Å². The maximum atomic E-state index is 11.5. The van der Waals surface area contributed by atoms with Gasteiger partial charge in [0.05, 0.1) is 6.61 Å². The summed E-state index contributed by atoms with van der Waals surface area (Å²) in [5.74, 6) is 3.33. The highest BCUT2D eigenvalue weighted by Gasteiger charge is 2.15. The first-order chi connectivity index (χ1) is 8.79. The van der Waals surface area contributed by atoms with E-state index in [4.69, 9.17) is 4.74 Å². The zero-order chi connectivity index (χ0) is 12.8. The summed E-state index contributed by atoms with van der Waals surface area (Å²) in [5, 5.41) is 6.47. The van der Waals surface area contributed by atoms with E-state index in [0.29, 0.717) is 17.6 Å². The first-order valence-electron chi connectivity index (χ1n) is 5.85. The second-order valence-electron chi connectivity index (χ2n) is 3.71. The quantitative estimate of drug-likeness (QED) is 0.844. The molecule has 0 radical (unpaired) electrons. The number of hydrogen-bond donors (Lipinski definition) is 1. The van der Waals surface area contributed by atoms with E-state index in [1.54, 1.807) is 12.3 Å². The van der Waals surface area contributed by atoms with Gasteiger partial charge in [0.2, 0.25) is 0 Å². The third-order valence-electron chi connectivity index (χ3n) is 2.35. The van der Waals surface area contributed by atoms with E-state index >= 15 is 0 Å². The molecule has 100 valence electrons. The zero-order valence-corrected chi connectivity index (χ0v) is 12.6. The molecule has 1 N–H and O–H groups in total. The lowest BCUT2D eigenvalue weighted by atomic mass is 10.5. The smallest absolute Gasteiger partial charge is 0.357 e. The number of thioether (sulfide) groups is 2. The van der Waals surface area contributed by atoms with E-state index < -0.39 is 0 Å². The summed E-state index contributed by atoms with van der Waals surface area (Å²) in [5.41, 5.74) is 0.398. The van der Waals surface area contributed by atoms with Crippen molar-refractivity contribution in [1.82, 2.24) is 4.98 Å². The number of thiazole rings is 1. The first-order valence-corrected chi connectivity index (χ1v) is 8.93. The highest BCUT2D eigenvalue weighted by molar-refractivity contribution is 8.06. The first kappa shape index (κ1) is 14.0. The summed E-state index contributed by atoms with van der Waals surface area (Å²) in [6.45, 7) is 3.09. The minimum absolute atomic E-state index is 0.343. The Kier molecular flexibility index (Phi) is 5.65. The molecule has 2 heterocycles. The van der Waals surface area contributed by atoms with E-state index in [1.165, 1.54) is 28.6 Å². The van der Waals surface area contributed by atoms with Crippen LogP contribution in [0.1, 0.15) is 17.4 Å². The van der Waals surface area contributed by atoms with Crippen molar-refractivity contribution in [2.75, 3.05) is 35.7 Å². The van der Waals surface area contributed by atoms with E-state index in [1.807, 2.05) is 23.5 Å². The van der Waals surface area contributed by atoms with Crippen molar-refractivity contribution in [2.24, 2.45) is 0 Å². The molecule has 0 amide bonds. The minimum atomic E-state index is -0.343. The molecule has 1 aromatic rings. The van der Waals surface area contributed by atoms with Gasteiger partial charge in [0.25, 0.3) is 0 Å². The lowest BCUT2D eigenvalue weighted by Gasteiger charge is -2.20. The summed E-state index contributed by atoms with van der Waals surface area (Å²) in [4.78, 5) is 15.7. The van der Waals surface area contributed by atoms with Crippen molar-refractivity contribution in [1.29, 1.82) is 0 Å². The molecule has 0 spiro atoms. The molecule has 0 saturated carbocycles. The SMILES string of the molecule is CCOC(=O)c1csc(NCC2CSCCS2)n1. The fourth-order valence-electron chi connectivity index (χ4n) is 1.51. The van der Waals surface area contributed by atoms with Crippen LogP contribution in [0.15, 0.2) is 5.38 Å². The third-order valence-corrected chi connectivity index (χ3v) is 6.00. The molecule has 4 nitrogen and oxygen atoms in total. The molecule has 1 fully saturated rings. The van der Waals surface area contributed by atoms with Crippen LogP contribution < -0.4 is 5.32 Å². The Bertz CT molecular complexity index is 391. The number of nitrogens with one attached hydrogen (secondary N) is 1. The average Bonchev–Trinajstić information content (AvgIpc) is 2.87. The topological polar surface area (TPSA) is 51.2 Å². The molecule has 1 aliphatic heterocycles. The maximum absolute atomic E-state index is 11.5. The van der Waals surface area contributed by atoms with Gasteiger partial charge in [-0.05, 0) is 6.92 Å². The van der Waals surface area contributed by atoms with Crippen LogP contribution in [0.25, 0.3) is 0 Å².